The third kappa shape index (κ3) is 1.57. The molecule has 0 bridgehead atoms. The van der Waals surface area contributed by atoms with Gasteiger partial charge in [0.05, 0.1) is 5.02 Å². The second-order valence-electron chi connectivity index (χ2n) is 3.30. The zero-order valence-corrected chi connectivity index (χ0v) is 10.1. The lowest BCUT2D eigenvalue weighted by Gasteiger charge is -2.12. The summed E-state index contributed by atoms with van der Waals surface area (Å²) in [5.41, 5.74) is 0.492. The number of rotatable bonds is 2. The van der Waals surface area contributed by atoms with Gasteiger partial charge in [-0.3, -0.25) is 0 Å². The summed E-state index contributed by atoms with van der Waals surface area (Å²) in [5, 5.41) is 7.21. The predicted octanol–water partition coefficient (Wildman–Crippen LogP) is 1.13. The van der Waals surface area contributed by atoms with Gasteiger partial charge in [-0.1, -0.05) is 11.6 Å². The number of benzene rings is 1. The lowest BCUT2D eigenvalue weighted by molar-refractivity contribution is 0.315. The molecule has 0 N–H and O–H groups in total. The first-order valence-corrected chi connectivity index (χ1v) is 6.09. The van der Waals surface area contributed by atoms with Crippen molar-refractivity contribution in [3.8, 4) is 0 Å². The third-order valence-electron chi connectivity index (χ3n) is 2.07. The maximum atomic E-state index is 12.0. The zero-order chi connectivity index (χ0) is 11.9. The highest BCUT2D eigenvalue weighted by Crippen LogP contribution is 2.29. The number of aromatic nitrogens is 2. The van der Waals surface area contributed by atoms with Crippen molar-refractivity contribution < 1.29 is 13.0 Å². The molecule has 2 aromatic rings. The van der Waals surface area contributed by atoms with Crippen molar-refractivity contribution in [1.29, 1.82) is 0 Å². The summed E-state index contributed by atoms with van der Waals surface area (Å²) in [5.74, 6) is 0. The fourth-order valence-electron chi connectivity index (χ4n) is 1.23. The standard InChI is InChI=1S/C8H8ClN3O3S/c1-12(2)16(13,14)8-5(9)3-4-6-7(8)11-15-10-6/h3-4H,1-2H3. The van der Waals surface area contributed by atoms with Gasteiger partial charge in [0.1, 0.15) is 10.4 Å². The van der Waals surface area contributed by atoms with Crippen LogP contribution in [0.25, 0.3) is 11.0 Å². The minimum atomic E-state index is -3.67. The Morgan fingerprint density at radius 3 is 2.62 bits per heavy atom. The van der Waals surface area contributed by atoms with Crippen LogP contribution in [0, 0.1) is 0 Å². The summed E-state index contributed by atoms with van der Waals surface area (Å²) < 4.78 is 29.5. The average Bonchev–Trinajstić information content (AvgIpc) is 2.64. The van der Waals surface area contributed by atoms with E-state index in [1.807, 2.05) is 0 Å². The SMILES string of the molecule is CN(C)S(=O)(=O)c1c(Cl)ccc2nonc12. The van der Waals surface area contributed by atoms with E-state index in [1.165, 1.54) is 20.2 Å². The zero-order valence-electron chi connectivity index (χ0n) is 8.51. The summed E-state index contributed by atoms with van der Waals surface area (Å²) in [6, 6.07) is 2.99. The third-order valence-corrected chi connectivity index (χ3v) is 4.39. The molecule has 0 aliphatic heterocycles. The van der Waals surface area contributed by atoms with E-state index >= 15 is 0 Å². The maximum Gasteiger partial charge on any atom is 0.246 e. The van der Waals surface area contributed by atoms with Crippen LogP contribution in [0.15, 0.2) is 21.7 Å². The second kappa shape index (κ2) is 3.69. The normalized spacial score (nSPS) is 12.5. The molecule has 0 unspecified atom stereocenters. The number of hydrogen-bond donors (Lipinski definition) is 0. The molecule has 1 aromatic carbocycles. The van der Waals surface area contributed by atoms with Gasteiger partial charge in [-0.25, -0.2) is 17.4 Å². The first-order valence-electron chi connectivity index (χ1n) is 4.28. The Kier molecular flexibility index (Phi) is 2.61. The van der Waals surface area contributed by atoms with Crippen LogP contribution in [0.2, 0.25) is 5.02 Å². The van der Waals surface area contributed by atoms with Crippen LogP contribution in [-0.2, 0) is 10.0 Å². The molecule has 1 aromatic heterocycles. The quantitative estimate of drug-likeness (QED) is 0.810. The Hall–Kier alpha value is -1.18. The van der Waals surface area contributed by atoms with Crippen LogP contribution in [0.4, 0.5) is 0 Å². The molecule has 0 radical (unpaired) electrons. The van der Waals surface area contributed by atoms with Gasteiger partial charge < -0.3 is 0 Å². The smallest absolute Gasteiger partial charge is 0.243 e. The van der Waals surface area contributed by atoms with Crippen molar-refractivity contribution >= 4 is 32.7 Å². The first kappa shape index (κ1) is 11.3. The maximum absolute atomic E-state index is 12.0. The van der Waals surface area contributed by atoms with Gasteiger partial charge in [0.15, 0.2) is 5.52 Å². The highest BCUT2D eigenvalue weighted by molar-refractivity contribution is 7.89. The fraction of sp³-hybridized carbons (Fsp3) is 0.250. The minimum absolute atomic E-state index is 0.0853. The van der Waals surface area contributed by atoms with Gasteiger partial charge in [0.25, 0.3) is 0 Å². The second-order valence-corrected chi connectivity index (χ2v) is 5.79. The van der Waals surface area contributed by atoms with Gasteiger partial charge in [0.2, 0.25) is 10.0 Å². The molecule has 1 heterocycles. The van der Waals surface area contributed by atoms with E-state index in [0.717, 1.165) is 4.31 Å². The van der Waals surface area contributed by atoms with Gasteiger partial charge in [-0.15, -0.1) is 0 Å². The van der Waals surface area contributed by atoms with Crippen LogP contribution in [0.3, 0.4) is 0 Å². The van der Waals surface area contributed by atoms with Crippen molar-refractivity contribution in [2.75, 3.05) is 14.1 Å². The summed E-state index contributed by atoms with van der Waals surface area (Å²) >= 11 is 5.87. The molecular weight excluding hydrogens is 254 g/mol. The molecule has 0 saturated heterocycles. The van der Waals surface area contributed by atoms with Gasteiger partial charge in [-0.05, 0) is 22.4 Å². The van der Waals surface area contributed by atoms with Gasteiger partial charge in [0, 0.05) is 14.1 Å². The van der Waals surface area contributed by atoms with Crippen LogP contribution < -0.4 is 0 Å². The van der Waals surface area contributed by atoms with Crippen molar-refractivity contribution in [1.82, 2.24) is 14.6 Å². The molecule has 8 heteroatoms. The fourth-order valence-corrected chi connectivity index (χ4v) is 2.74. The minimum Gasteiger partial charge on any atom is -0.243 e. The van der Waals surface area contributed by atoms with E-state index < -0.39 is 10.0 Å². The molecule has 6 nitrogen and oxygen atoms in total. The van der Waals surface area contributed by atoms with E-state index in [2.05, 4.69) is 14.9 Å². The van der Waals surface area contributed by atoms with E-state index in [1.54, 1.807) is 6.07 Å². The molecular formula is C8H8ClN3O3S. The first-order chi connectivity index (χ1) is 7.44. The Labute approximate surface area is 96.8 Å². The van der Waals surface area contributed by atoms with Crippen molar-refractivity contribution in [3.05, 3.63) is 17.2 Å². The molecule has 86 valence electrons. The molecule has 0 atom stereocenters. The predicted molar refractivity (Wildman–Crippen MR) is 57.7 cm³/mol. The number of sulfonamides is 1. The van der Waals surface area contributed by atoms with Crippen LogP contribution in [-0.4, -0.2) is 37.1 Å². The Morgan fingerprint density at radius 2 is 2.00 bits per heavy atom. The molecule has 0 saturated carbocycles. The number of nitrogens with zero attached hydrogens (tertiary/aromatic N) is 3. The Bertz CT molecular complexity index is 635. The van der Waals surface area contributed by atoms with E-state index in [0.29, 0.717) is 5.52 Å². The lowest BCUT2D eigenvalue weighted by atomic mass is 10.3. The highest BCUT2D eigenvalue weighted by atomic mass is 35.5. The van der Waals surface area contributed by atoms with E-state index in [9.17, 15) is 8.42 Å². The van der Waals surface area contributed by atoms with Crippen LogP contribution >= 0.6 is 11.6 Å². The van der Waals surface area contributed by atoms with Crippen molar-refractivity contribution in [2.24, 2.45) is 0 Å². The number of halogens is 1. The van der Waals surface area contributed by atoms with Crippen LogP contribution in [0.5, 0.6) is 0 Å². The van der Waals surface area contributed by atoms with E-state index in [-0.39, 0.29) is 15.4 Å². The van der Waals surface area contributed by atoms with Gasteiger partial charge in [-0.2, -0.15) is 0 Å². The highest BCUT2D eigenvalue weighted by Gasteiger charge is 2.26. The van der Waals surface area contributed by atoms with Crippen LogP contribution in [0.1, 0.15) is 0 Å². The molecule has 0 aliphatic carbocycles. The number of hydrogen-bond acceptors (Lipinski definition) is 5. The molecule has 0 spiro atoms. The average molecular weight is 262 g/mol. The Morgan fingerprint density at radius 1 is 1.31 bits per heavy atom. The monoisotopic (exact) mass is 261 g/mol. The van der Waals surface area contributed by atoms with Crippen molar-refractivity contribution in [2.45, 2.75) is 4.90 Å². The Balaban J connectivity index is 2.87. The van der Waals surface area contributed by atoms with E-state index in [4.69, 9.17) is 11.6 Å². The van der Waals surface area contributed by atoms with Gasteiger partial charge >= 0.3 is 0 Å². The summed E-state index contributed by atoms with van der Waals surface area (Å²) in [7, 11) is -0.836. The topological polar surface area (TPSA) is 76.3 Å². The lowest BCUT2D eigenvalue weighted by Crippen LogP contribution is -2.22. The molecule has 16 heavy (non-hydrogen) atoms. The molecule has 2 rings (SSSR count). The molecule has 0 fully saturated rings. The molecule has 0 aliphatic rings. The van der Waals surface area contributed by atoms with Crippen molar-refractivity contribution in [3.63, 3.8) is 0 Å². The summed E-state index contributed by atoms with van der Waals surface area (Å²) in [6.45, 7) is 0. The molecule has 0 amide bonds. The summed E-state index contributed by atoms with van der Waals surface area (Å²) in [6.07, 6.45) is 0. The number of fused-ring (bicyclic) bond motifs is 1. The summed E-state index contributed by atoms with van der Waals surface area (Å²) in [4.78, 5) is -0.0853. The largest absolute Gasteiger partial charge is 0.246 e.